The van der Waals surface area contributed by atoms with Crippen molar-refractivity contribution in [3.63, 3.8) is 0 Å². The van der Waals surface area contributed by atoms with Gasteiger partial charge in [-0.2, -0.15) is 0 Å². The van der Waals surface area contributed by atoms with Crippen LogP contribution in [0.15, 0.2) is 33.9 Å². The minimum atomic E-state index is 0.120. The summed E-state index contributed by atoms with van der Waals surface area (Å²) in [6.07, 6.45) is 0. The predicted molar refractivity (Wildman–Crippen MR) is 89.7 cm³/mol. The predicted octanol–water partition coefficient (Wildman–Crippen LogP) is 2.13. The van der Waals surface area contributed by atoms with E-state index in [1.165, 1.54) is 23.0 Å². The zero-order valence-electron chi connectivity index (χ0n) is 13.4. The van der Waals surface area contributed by atoms with Gasteiger partial charge in [0.1, 0.15) is 0 Å². The molecule has 1 amide bonds. The van der Waals surface area contributed by atoms with Gasteiger partial charge in [0.05, 0.1) is 5.75 Å². The summed E-state index contributed by atoms with van der Waals surface area (Å²) in [4.78, 5) is 16.5. The Balaban J connectivity index is 1.49. The Morgan fingerprint density at radius 1 is 1.22 bits per heavy atom. The number of amides is 1. The van der Waals surface area contributed by atoms with Gasteiger partial charge in [-0.1, -0.05) is 23.9 Å². The maximum atomic E-state index is 12.3. The van der Waals surface area contributed by atoms with E-state index in [0.29, 0.717) is 16.9 Å². The molecule has 0 radical (unpaired) electrons. The summed E-state index contributed by atoms with van der Waals surface area (Å²) in [5.41, 5.74) is 2.49. The van der Waals surface area contributed by atoms with E-state index in [9.17, 15) is 4.79 Å². The summed E-state index contributed by atoms with van der Waals surface area (Å²) < 4.78 is 5.27. The molecule has 1 aromatic carbocycles. The maximum absolute atomic E-state index is 12.3. The van der Waals surface area contributed by atoms with E-state index in [1.54, 1.807) is 6.92 Å². The highest BCUT2D eigenvalue weighted by atomic mass is 32.2. The van der Waals surface area contributed by atoms with Gasteiger partial charge in [0.2, 0.25) is 11.8 Å². The SMILES string of the molecule is Cc1cccc(N2CCN(C(=O)CSc3nnc(C)o3)CC2)c1. The maximum Gasteiger partial charge on any atom is 0.277 e. The van der Waals surface area contributed by atoms with E-state index >= 15 is 0 Å². The molecule has 0 N–H and O–H groups in total. The Hall–Kier alpha value is -2.02. The van der Waals surface area contributed by atoms with Gasteiger partial charge in [-0.3, -0.25) is 4.79 Å². The Kier molecular flexibility index (Phi) is 4.85. The fourth-order valence-corrected chi connectivity index (χ4v) is 3.30. The van der Waals surface area contributed by atoms with Gasteiger partial charge < -0.3 is 14.2 Å². The van der Waals surface area contributed by atoms with Crippen LogP contribution >= 0.6 is 11.8 Å². The van der Waals surface area contributed by atoms with Crippen LogP contribution in [-0.4, -0.2) is 52.9 Å². The van der Waals surface area contributed by atoms with E-state index in [1.807, 2.05) is 4.90 Å². The van der Waals surface area contributed by atoms with Crippen molar-refractivity contribution in [2.45, 2.75) is 19.1 Å². The van der Waals surface area contributed by atoms with Crippen LogP contribution in [0.5, 0.6) is 0 Å². The molecule has 0 bridgehead atoms. The molecule has 3 rings (SSSR count). The normalized spacial score (nSPS) is 15.0. The average Bonchev–Trinajstić information content (AvgIpc) is 2.98. The molecule has 0 spiro atoms. The highest BCUT2D eigenvalue weighted by Gasteiger charge is 2.21. The van der Waals surface area contributed by atoms with Crippen molar-refractivity contribution in [1.29, 1.82) is 0 Å². The molecule has 1 aromatic heterocycles. The van der Waals surface area contributed by atoms with Crippen molar-refractivity contribution in [1.82, 2.24) is 15.1 Å². The molecule has 1 aliphatic heterocycles. The summed E-state index contributed by atoms with van der Waals surface area (Å²) in [5.74, 6) is 0.980. The lowest BCUT2D eigenvalue weighted by molar-refractivity contribution is -0.128. The molecule has 1 aliphatic rings. The summed E-state index contributed by atoms with van der Waals surface area (Å²) in [5, 5.41) is 8.10. The number of thioether (sulfide) groups is 1. The first-order valence-corrected chi connectivity index (χ1v) is 8.63. The fourth-order valence-electron chi connectivity index (χ4n) is 2.59. The van der Waals surface area contributed by atoms with E-state index < -0.39 is 0 Å². The summed E-state index contributed by atoms with van der Waals surface area (Å²) >= 11 is 1.30. The highest BCUT2D eigenvalue weighted by molar-refractivity contribution is 7.99. The van der Waals surface area contributed by atoms with E-state index in [-0.39, 0.29) is 5.91 Å². The van der Waals surface area contributed by atoms with Crippen molar-refractivity contribution >= 4 is 23.4 Å². The monoisotopic (exact) mass is 332 g/mol. The largest absolute Gasteiger partial charge is 0.416 e. The number of benzene rings is 1. The van der Waals surface area contributed by atoms with Crippen molar-refractivity contribution in [2.75, 3.05) is 36.8 Å². The number of hydrogen-bond acceptors (Lipinski definition) is 6. The molecular formula is C16H20N4O2S. The first-order valence-electron chi connectivity index (χ1n) is 7.64. The van der Waals surface area contributed by atoms with Crippen molar-refractivity contribution in [3.8, 4) is 0 Å². The van der Waals surface area contributed by atoms with Crippen molar-refractivity contribution in [2.24, 2.45) is 0 Å². The van der Waals surface area contributed by atoms with Gasteiger partial charge in [-0.25, -0.2) is 0 Å². The molecule has 0 saturated carbocycles. The third-order valence-corrected chi connectivity index (χ3v) is 4.63. The number of aryl methyl sites for hydroxylation is 2. The number of anilines is 1. The molecule has 1 fully saturated rings. The smallest absolute Gasteiger partial charge is 0.277 e. The summed E-state index contributed by atoms with van der Waals surface area (Å²) in [7, 11) is 0. The quantitative estimate of drug-likeness (QED) is 0.799. The second-order valence-corrected chi connectivity index (χ2v) is 6.51. The van der Waals surface area contributed by atoms with E-state index in [4.69, 9.17) is 4.42 Å². The van der Waals surface area contributed by atoms with E-state index in [0.717, 1.165) is 26.2 Å². The third-order valence-electron chi connectivity index (χ3n) is 3.83. The van der Waals surface area contributed by atoms with Crippen molar-refractivity contribution < 1.29 is 9.21 Å². The van der Waals surface area contributed by atoms with Crippen LogP contribution in [0.1, 0.15) is 11.5 Å². The zero-order valence-corrected chi connectivity index (χ0v) is 14.2. The molecule has 0 aliphatic carbocycles. The molecular weight excluding hydrogens is 312 g/mol. The molecule has 0 atom stereocenters. The lowest BCUT2D eigenvalue weighted by Gasteiger charge is -2.36. The van der Waals surface area contributed by atoms with Crippen LogP contribution in [0, 0.1) is 13.8 Å². The van der Waals surface area contributed by atoms with Crippen molar-refractivity contribution in [3.05, 3.63) is 35.7 Å². The molecule has 23 heavy (non-hydrogen) atoms. The second kappa shape index (κ2) is 7.04. The molecule has 2 aromatic rings. The lowest BCUT2D eigenvalue weighted by Crippen LogP contribution is -2.49. The van der Waals surface area contributed by atoms with Gasteiger partial charge in [-0.15, -0.1) is 10.2 Å². The summed E-state index contributed by atoms with van der Waals surface area (Å²) in [6, 6.07) is 8.48. The van der Waals surface area contributed by atoms with Crippen LogP contribution in [0.25, 0.3) is 0 Å². The Morgan fingerprint density at radius 2 is 2.00 bits per heavy atom. The van der Waals surface area contributed by atoms with Gasteiger partial charge in [0, 0.05) is 38.8 Å². The standard InChI is InChI=1S/C16H20N4O2S/c1-12-4-3-5-14(10-12)19-6-8-20(9-7-19)15(21)11-23-16-18-17-13(2)22-16/h3-5,10H,6-9,11H2,1-2H3. The number of nitrogens with zero attached hydrogens (tertiary/aromatic N) is 4. The van der Waals surface area contributed by atoms with Gasteiger partial charge in [0.15, 0.2) is 0 Å². The fraction of sp³-hybridized carbons (Fsp3) is 0.438. The number of carbonyl (C=O) groups excluding carboxylic acids is 1. The van der Waals surface area contributed by atoms with E-state index in [2.05, 4.69) is 46.3 Å². The number of carbonyl (C=O) groups is 1. The Bertz CT molecular complexity index is 680. The first-order chi connectivity index (χ1) is 11.1. The van der Waals surface area contributed by atoms with Gasteiger partial charge in [-0.05, 0) is 24.6 Å². The lowest BCUT2D eigenvalue weighted by atomic mass is 10.2. The molecule has 122 valence electrons. The van der Waals surface area contributed by atoms with Crippen LogP contribution in [0.2, 0.25) is 0 Å². The van der Waals surface area contributed by atoms with Crippen LogP contribution in [-0.2, 0) is 4.79 Å². The van der Waals surface area contributed by atoms with Crippen LogP contribution < -0.4 is 4.90 Å². The minimum Gasteiger partial charge on any atom is -0.416 e. The zero-order chi connectivity index (χ0) is 16.2. The number of rotatable bonds is 4. The minimum absolute atomic E-state index is 0.120. The molecule has 6 nitrogen and oxygen atoms in total. The average molecular weight is 332 g/mol. The Labute approximate surface area is 139 Å². The Morgan fingerprint density at radius 3 is 2.65 bits per heavy atom. The first kappa shape index (κ1) is 15.9. The molecule has 2 heterocycles. The topological polar surface area (TPSA) is 62.5 Å². The molecule has 0 unspecified atom stereocenters. The summed E-state index contributed by atoms with van der Waals surface area (Å²) in [6.45, 7) is 7.05. The van der Waals surface area contributed by atoms with Gasteiger partial charge >= 0.3 is 0 Å². The number of piperazine rings is 1. The molecule has 1 saturated heterocycles. The highest BCUT2D eigenvalue weighted by Crippen LogP contribution is 2.19. The third kappa shape index (κ3) is 4.04. The second-order valence-electron chi connectivity index (χ2n) is 5.58. The van der Waals surface area contributed by atoms with Gasteiger partial charge in [0.25, 0.3) is 5.22 Å². The van der Waals surface area contributed by atoms with Crippen LogP contribution in [0.4, 0.5) is 5.69 Å². The number of aromatic nitrogens is 2. The molecule has 7 heteroatoms. The number of hydrogen-bond donors (Lipinski definition) is 0. The van der Waals surface area contributed by atoms with Crippen LogP contribution in [0.3, 0.4) is 0 Å².